The second kappa shape index (κ2) is 5.52. The summed E-state index contributed by atoms with van der Waals surface area (Å²) < 4.78 is 1.96. The minimum Gasteiger partial charge on any atom is -0.213 e. The zero-order valence-corrected chi connectivity index (χ0v) is 12.6. The molecule has 0 amide bonds. The fourth-order valence-electron chi connectivity index (χ4n) is 2.53. The number of nitrogens with zero attached hydrogens (tertiary/aromatic N) is 3. The van der Waals surface area contributed by atoms with Crippen LogP contribution in [0.5, 0.6) is 0 Å². The molecule has 106 valence electrons. The maximum Gasteiger partial charge on any atom is 0.163 e. The van der Waals surface area contributed by atoms with Crippen LogP contribution in [-0.4, -0.2) is 14.8 Å². The zero-order chi connectivity index (χ0) is 14.8. The van der Waals surface area contributed by atoms with Crippen molar-refractivity contribution < 1.29 is 0 Å². The molecule has 21 heavy (non-hydrogen) atoms. The molecule has 0 unspecified atom stereocenters. The summed E-state index contributed by atoms with van der Waals surface area (Å²) in [5.74, 6) is 2.11. The highest BCUT2D eigenvalue weighted by atomic mass is 15.3. The molecule has 0 aliphatic carbocycles. The van der Waals surface area contributed by atoms with Crippen LogP contribution in [0.1, 0.15) is 31.2 Å². The normalized spacial score (nSPS) is 11.0. The number of benzene rings is 2. The van der Waals surface area contributed by atoms with Gasteiger partial charge in [-0.05, 0) is 24.5 Å². The van der Waals surface area contributed by atoms with E-state index in [9.17, 15) is 0 Å². The van der Waals surface area contributed by atoms with Crippen molar-refractivity contribution in [2.24, 2.45) is 0 Å². The van der Waals surface area contributed by atoms with Gasteiger partial charge in [0.05, 0.1) is 5.69 Å². The highest BCUT2D eigenvalue weighted by molar-refractivity contribution is 5.59. The Hall–Kier alpha value is -2.42. The van der Waals surface area contributed by atoms with Crippen LogP contribution in [0.2, 0.25) is 0 Å². The van der Waals surface area contributed by atoms with Gasteiger partial charge in [0.1, 0.15) is 5.82 Å². The molecule has 0 aliphatic rings. The van der Waals surface area contributed by atoms with E-state index in [4.69, 9.17) is 0 Å². The topological polar surface area (TPSA) is 30.7 Å². The van der Waals surface area contributed by atoms with Crippen LogP contribution in [0.4, 0.5) is 0 Å². The molecule has 0 radical (unpaired) electrons. The van der Waals surface area contributed by atoms with Gasteiger partial charge in [0.15, 0.2) is 5.82 Å². The van der Waals surface area contributed by atoms with E-state index in [1.807, 2.05) is 35.9 Å². The van der Waals surface area contributed by atoms with Crippen LogP contribution in [0.25, 0.3) is 17.1 Å². The highest BCUT2D eigenvalue weighted by Gasteiger charge is 2.15. The van der Waals surface area contributed by atoms with Crippen molar-refractivity contribution in [3.8, 4) is 17.1 Å². The lowest BCUT2D eigenvalue weighted by Crippen LogP contribution is -2.04. The van der Waals surface area contributed by atoms with Gasteiger partial charge in [-0.2, -0.15) is 5.10 Å². The third-order valence-corrected chi connectivity index (χ3v) is 3.53. The summed E-state index contributed by atoms with van der Waals surface area (Å²) in [7, 11) is 0. The number of rotatable bonds is 3. The molecule has 0 atom stereocenters. The monoisotopic (exact) mass is 277 g/mol. The van der Waals surface area contributed by atoms with Crippen molar-refractivity contribution in [1.82, 2.24) is 14.8 Å². The maximum absolute atomic E-state index is 4.61. The first-order valence-electron chi connectivity index (χ1n) is 7.25. The van der Waals surface area contributed by atoms with Crippen LogP contribution in [0, 0.1) is 6.92 Å². The summed E-state index contributed by atoms with van der Waals surface area (Å²) in [5, 5.41) is 4.61. The van der Waals surface area contributed by atoms with Crippen LogP contribution in [0.3, 0.4) is 0 Å². The van der Waals surface area contributed by atoms with Gasteiger partial charge in [0.2, 0.25) is 0 Å². The van der Waals surface area contributed by atoms with E-state index >= 15 is 0 Å². The third kappa shape index (κ3) is 2.59. The van der Waals surface area contributed by atoms with Crippen molar-refractivity contribution in [3.05, 3.63) is 66.0 Å². The molecule has 3 heteroatoms. The number of aryl methyl sites for hydroxylation is 1. The van der Waals surface area contributed by atoms with E-state index in [1.165, 1.54) is 5.56 Å². The Balaban J connectivity index is 2.21. The molecule has 3 nitrogen and oxygen atoms in total. The first-order valence-corrected chi connectivity index (χ1v) is 7.25. The summed E-state index contributed by atoms with van der Waals surface area (Å²) in [6.45, 7) is 6.33. The largest absolute Gasteiger partial charge is 0.213 e. The van der Waals surface area contributed by atoms with Crippen LogP contribution in [0.15, 0.2) is 54.6 Å². The Morgan fingerprint density at radius 1 is 0.905 bits per heavy atom. The predicted octanol–water partition coefficient (Wildman–Crippen LogP) is 4.37. The van der Waals surface area contributed by atoms with E-state index in [1.54, 1.807) is 0 Å². The SMILES string of the molecule is Cc1nc(-c2ccccc2)n(-c2ccccc2C(C)C)n1. The standard InChI is InChI=1S/C18H19N3/c1-13(2)16-11-7-8-12-17(16)21-18(19-14(3)20-21)15-9-5-4-6-10-15/h4-13H,1-3H3. The minimum atomic E-state index is 0.439. The quantitative estimate of drug-likeness (QED) is 0.712. The van der Waals surface area contributed by atoms with E-state index in [0.29, 0.717) is 5.92 Å². The third-order valence-electron chi connectivity index (χ3n) is 3.53. The van der Waals surface area contributed by atoms with Crippen molar-refractivity contribution >= 4 is 0 Å². The van der Waals surface area contributed by atoms with Gasteiger partial charge in [0, 0.05) is 5.56 Å². The highest BCUT2D eigenvalue weighted by Crippen LogP contribution is 2.26. The molecule has 0 fully saturated rings. The molecule has 0 aliphatic heterocycles. The average Bonchev–Trinajstić information content (AvgIpc) is 2.90. The van der Waals surface area contributed by atoms with Gasteiger partial charge < -0.3 is 0 Å². The number of hydrogen-bond donors (Lipinski definition) is 0. The van der Waals surface area contributed by atoms with Crippen molar-refractivity contribution in [3.63, 3.8) is 0 Å². The number of para-hydroxylation sites is 1. The van der Waals surface area contributed by atoms with Gasteiger partial charge in [-0.15, -0.1) is 0 Å². The molecule has 1 heterocycles. The minimum absolute atomic E-state index is 0.439. The second-order valence-corrected chi connectivity index (χ2v) is 5.47. The van der Waals surface area contributed by atoms with Crippen LogP contribution in [-0.2, 0) is 0 Å². The van der Waals surface area contributed by atoms with E-state index < -0.39 is 0 Å². The lowest BCUT2D eigenvalue weighted by Gasteiger charge is -2.14. The summed E-state index contributed by atoms with van der Waals surface area (Å²) in [4.78, 5) is 4.61. The Morgan fingerprint density at radius 2 is 1.57 bits per heavy atom. The first-order chi connectivity index (χ1) is 10.2. The lowest BCUT2D eigenvalue weighted by molar-refractivity contribution is 0.806. The van der Waals surface area contributed by atoms with Crippen LogP contribution < -0.4 is 0 Å². The second-order valence-electron chi connectivity index (χ2n) is 5.47. The molecular weight excluding hydrogens is 258 g/mol. The van der Waals surface area contributed by atoms with Gasteiger partial charge in [-0.3, -0.25) is 0 Å². The first kappa shape index (κ1) is 13.6. The summed E-state index contributed by atoms with van der Waals surface area (Å²) in [6.07, 6.45) is 0. The Bertz CT molecular complexity index is 742. The summed E-state index contributed by atoms with van der Waals surface area (Å²) >= 11 is 0. The Morgan fingerprint density at radius 3 is 2.29 bits per heavy atom. The molecule has 3 aromatic rings. The van der Waals surface area contributed by atoms with Gasteiger partial charge in [-0.1, -0.05) is 62.4 Å². The van der Waals surface area contributed by atoms with E-state index in [0.717, 1.165) is 22.9 Å². The van der Waals surface area contributed by atoms with E-state index in [2.05, 4.69) is 54.3 Å². The summed E-state index contributed by atoms with van der Waals surface area (Å²) in [5.41, 5.74) is 3.46. The number of hydrogen-bond acceptors (Lipinski definition) is 2. The fraction of sp³-hybridized carbons (Fsp3) is 0.222. The smallest absolute Gasteiger partial charge is 0.163 e. The lowest BCUT2D eigenvalue weighted by atomic mass is 10.0. The van der Waals surface area contributed by atoms with E-state index in [-0.39, 0.29) is 0 Å². The molecule has 3 rings (SSSR count). The molecule has 1 aromatic heterocycles. The average molecular weight is 277 g/mol. The molecule has 0 spiro atoms. The van der Waals surface area contributed by atoms with Gasteiger partial charge >= 0.3 is 0 Å². The van der Waals surface area contributed by atoms with Crippen molar-refractivity contribution in [2.75, 3.05) is 0 Å². The summed E-state index contributed by atoms with van der Waals surface area (Å²) in [6, 6.07) is 18.6. The zero-order valence-electron chi connectivity index (χ0n) is 12.6. The molecular formula is C18H19N3. The molecule has 0 saturated carbocycles. The molecule has 0 N–H and O–H groups in total. The molecule has 0 saturated heterocycles. The van der Waals surface area contributed by atoms with Gasteiger partial charge in [0.25, 0.3) is 0 Å². The Kier molecular flexibility index (Phi) is 3.57. The Labute approximate surface area is 125 Å². The van der Waals surface area contributed by atoms with Crippen molar-refractivity contribution in [1.29, 1.82) is 0 Å². The fourth-order valence-corrected chi connectivity index (χ4v) is 2.53. The molecule has 2 aromatic carbocycles. The maximum atomic E-state index is 4.61. The predicted molar refractivity (Wildman–Crippen MR) is 85.6 cm³/mol. The molecule has 0 bridgehead atoms. The van der Waals surface area contributed by atoms with Crippen molar-refractivity contribution in [2.45, 2.75) is 26.7 Å². The number of aromatic nitrogens is 3. The van der Waals surface area contributed by atoms with Crippen LogP contribution >= 0.6 is 0 Å². The van der Waals surface area contributed by atoms with Gasteiger partial charge in [-0.25, -0.2) is 9.67 Å².